The van der Waals surface area contributed by atoms with E-state index in [1.807, 2.05) is 0 Å². The van der Waals surface area contributed by atoms with Crippen LogP contribution in [0.25, 0.3) is 0 Å². The highest BCUT2D eigenvalue weighted by atomic mass is 32.2. The fourth-order valence-electron chi connectivity index (χ4n) is 0.521. The third kappa shape index (κ3) is 1.70. The van der Waals surface area contributed by atoms with E-state index in [1.165, 1.54) is 0 Å². The maximum atomic E-state index is 10.5. The van der Waals surface area contributed by atoms with Crippen molar-refractivity contribution < 1.29 is 22.6 Å². The van der Waals surface area contributed by atoms with E-state index in [0.717, 1.165) is 12.2 Å². The summed E-state index contributed by atoms with van der Waals surface area (Å²) >= 11 is -2.90. The Hall–Kier alpha value is -1.05. The molecule has 0 saturated carbocycles. The molecule has 11 heavy (non-hydrogen) atoms. The number of hydrogen-bond acceptors (Lipinski definition) is 5. The first-order chi connectivity index (χ1) is 5.11. The van der Waals surface area contributed by atoms with Crippen LogP contribution in [0.2, 0.25) is 0 Å². The van der Waals surface area contributed by atoms with Gasteiger partial charge in [-0.2, -0.15) is 4.28 Å². The second-order valence-corrected chi connectivity index (χ2v) is 2.14. The van der Waals surface area contributed by atoms with Gasteiger partial charge in [0.25, 0.3) is 11.8 Å². The largest absolute Gasteiger partial charge is 0.748 e. The van der Waals surface area contributed by atoms with Crippen LogP contribution in [-0.4, -0.2) is 25.6 Å². The van der Waals surface area contributed by atoms with Crippen molar-refractivity contribution in [3.8, 4) is 0 Å². The summed E-state index contributed by atoms with van der Waals surface area (Å²) in [4.78, 5) is 21.1. The monoisotopic (exact) mass is 176 g/mol. The molecule has 0 N–H and O–H groups in total. The molecule has 2 amide bonds. The molecule has 0 aromatic heterocycles. The van der Waals surface area contributed by atoms with Gasteiger partial charge < -0.3 is 4.55 Å². The van der Waals surface area contributed by atoms with Gasteiger partial charge in [-0.25, -0.2) is 4.21 Å². The molecule has 1 aliphatic rings. The van der Waals surface area contributed by atoms with Gasteiger partial charge in [-0.15, -0.1) is 5.06 Å². The molecule has 60 valence electrons. The van der Waals surface area contributed by atoms with Crippen molar-refractivity contribution in [2.75, 3.05) is 0 Å². The number of rotatable bonds is 2. The van der Waals surface area contributed by atoms with E-state index in [0.29, 0.717) is 0 Å². The van der Waals surface area contributed by atoms with E-state index in [2.05, 4.69) is 4.28 Å². The van der Waals surface area contributed by atoms with Gasteiger partial charge in [-0.3, -0.25) is 9.59 Å². The minimum absolute atomic E-state index is 0.142. The van der Waals surface area contributed by atoms with Crippen molar-refractivity contribution in [2.45, 2.75) is 0 Å². The molecule has 0 aromatic rings. The van der Waals surface area contributed by atoms with Crippen molar-refractivity contribution in [1.82, 2.24) is 5.06 Å². The lowest BCUT2D eigenvalue weighted by Gasteiger charge is -2.12. The average Bonchev–Trinajstić information content (AvgIpc) is 2.18. The molecular formula is C4H2NO5S-. The standard InChI is InChI=1S/C4H3NO5S/c6-3-1-2-4(7)5(3)10-11(8)9/h1-2H,(H,8,9)/p-1. The zero-order valence-corrected chi connectivity index (χ0v) is 5.87. The van der Waals surface area contributed by atoms with Gasteiger partial charge in [-0.05, 0) is 0 Å². The van der Waals surface area contributed by atoms with Gasteiger partial charge in [0.15, 0.2) is 0 Å². The Bertz CT molecular complexity index is 241. The second kappa shape index (κ2) is 2.91. The Balaban J connectivity index is 2.66. The van der Waals surface area contributed by atoms with Crippen LogP contribution in [0.4, 0.5) is 0 Å². The Kier molecular flexibility index (Phi) is 2.13. The van der Waals surface area contributed by atoms with Crippen LogP contribution in [0.3, 0.4) is 0 Å². The first kappa shape index (κ1) is 8.05. The van der Waals surface area contributed by atoms with Gasteiger partial charge in [0, 0.05) is 12.2 Å². The Morgan fingerprint density at radius 2 is 1.82 bits per heavy atom. The molecule has 0 aliphatic carbocycles. The van der Waals surface area contributed by atoms with Gasteiger partial charge in [0.2, 0.25) is 0 Å². The summed E-state index contributed by atoms with van der Waals surface area (Å²) in [5.74, 6) is -1.61. The van der Waals surface area contributed by atoms with Gasteiger partial charge in [0.05, 0.1) is 0 Å². The van der Waals surface area contributed by atoms with E-state index in [4.69, 9.17) is 0 Å². The summed E-state index contributed by atoms with van der Waals surface area (Å²) in [7, 11) is 0. The van der Waals surface area contributed by atoms with Crippen LogP contribution in [0, 0.1) is 0 Å². The summed E-state index contributed by atoms with van der Waals surface area (Å²) in [5.41, 5.74) is 0. The van der Waals surface area contributed by atoms with Gasteiger partial charge in [-0.1, -0.05) is 0 Å². The van der Waals surface area contributed by atoms with Crippen molar-refractivity contribution in [3.63, 3.8) is 0 Å². The quantitative estimate of drug-likeness (QED) is 0.383. The lowest BCUT2D eigenvalue weighted by Crippen LogP contribution is -2.30. The van der Waals surface area contributed by atoms with Crippen LogP contribution in [-0.2, 0) is 25.2 Å². The van der Waals surface area contributed by atoms with Crippen molar-refractivity contribution in [2.24, 2.45) is 0 Å². The Morgan fingerprint density at radius 1 is 1.36 bits per heavy atom. The summed E-state index contributed by atoms with van der Waals surface area (Å²) in [6, 6.07) is 0. The number of carbonyl (C=O) groups excluding carboxylic acids is 2. The van der Waals surface area contributed by atoms with Crippen LogP contribution < -0.4 is 0 Å². The van der Waals surface area contributed by atoms with Crippen molar-refractivity contribution >= 4 is 23.2 Å². The molecule has 0 spiro atoms. The lowest BCUT2D eigenvalue weighted by atomic mass is 10.6. The minimum Gasteiger partial charge on any atom is -0.748 e. The molecule has 7 heteroatoms. The molecule has 1 atom stereocenters. The smallest absolute Gasteiger partial charge is 0.278 e. The second-order valence-electron chi connectivity index (χ2n) is 1.58. The Morgan fingerprint density at radius 3 is 2.18 bits per heavy atom. The molecule has 0 fully saturated rings. The summed E-state index contributed by atoms with van der Waals surface area (Å²) in [6.07, 6.45) is 1.82. The molecule has 1 unspecified atom stereocenters. The zero-order valence-electron chi connectivity index (χ0n) is 5.05. The maximum Gasteiger partial charge on any atom is 0.278 e. The maximum absolute atomic E-state index is 10.5. The first-order valence-corrected chi connectivity index (χ1v) is 3.45. The highest BCUT2D eigenvalue weighted by Crippen LogP contribution is 2.04. The highest BCUT2D eigenvalue weighted by Gasteiger charge is 2.24. The normalized spacial score (nSPS) is 19.5. The summed E-state index contributed by atoms with van der Waals surface area (Å²) in [6.45, 7) is 0. The number of hydrogen-bond donors (Lipinski definition) is 0. The fraction of sp³-hybridized carbons (Fsp3) is 0. The van der Waals surface area contributed by atoms with Crippen molar-refractivity contribution in [3.05, 3.63) is 12.2 Å². The molecule has 6 nitrogen and oxygen atoms in total. The lowest BCUT2D eigenvalue weighted by molar-refractivity contribution is -0.162. The van der Waals surface area contributed by atoms with E-state index >= 15 is 0 Å². The number of amides is 2. The molecule has 1 aliphatic heterocycles. The Labute approximate surface area is 63.9 Å². The molecule has 0 saturated heterocycles. The minimum atomic E-state index is -2.90. The number of nitrogens with zero attached hydrogens (tertiary/aromatic N) is 1. The molecule has 1 rings (SSSR count). The van der Waals surface area contributed by atoms with E-state index < -0.39 is 23.2 Å². The molecule has 1 heterocycles. The highest BCUT2D eigenvalue weighted by molar-refractivity contribution is 7.74. The predicted molar refractivity (Wildman–Crippen MR) is 31.0 cm³/mol. The molecular weight excluding hydrogens is 174 g/mol. The van der Waals surface area contributed by atoms with Gasteiger partial charge in [0.1, 0.15) is 11.4 Å². The van der Waals surface area contributed by atoms with Crippen molar-refractivity contribution in [1.29, 1.82) is 0 Å². The van der Waals surface area contributed by atoms with E-state index in [-0.39, 0.29) is 5.06 Å². The SMILES string of the molecule is O=C1C=CC(=O)N1OS(=O)[O-]. The third-order valence-electron chi connectivity index (χ3n) is 0.904. The average molecular weight is 176 g/mol. The predicted octanol–water partition coefficient (Wildman–Crippen LogP) is -1.36. The summed E-state index contributed by atoms with van der Waals surface area (Å²) in [5, 5.41) is 0.142. The van der Waals surface area contributed by atoms with E-state index in [1.54, 1.807) is 0 Å². The number of carbonyl (C=O) groups is 2. The van der Waals surface area contributed by atoms with Crippen LogP contribution in [0.5, 0.6) is 0 Å². The molecule has 0 aromatic carbocycles. The number of imide groups is 1. The molecule has 0 radical (unpaired) electrons. The first-order valence-electron chi connectivity index (χ1n) is 2.45. The van der Waals surface area contributed by atoms with Crippen LogP contribution in [0.15, 0.2) is 12.2 Å². The third-order valence-corrected chi connectivity index (χ3v) is 1.17. The van der Waals surface area contributed by atoms with Crippen LogP contribution in [0.1, 0.15) is 0 Å². The number of hydroxylamine groups is 2. The van der Waals surface area contributed by atoms with E-state index in [9.17, 15) is 18.4 Å². The van der Waals surface area contributed by atoms with Crippen LogP contribution >= 0.6 is 0 Å². The van der Waals surface area contributed by atoms with Gasteiger partial charge >= 0.3 is 0 Å². The molecule has 0 bridgehead atoms. The zero-order chi connectivity index (χ0) is 8.43. The topological polar surface area (TPSA) is 86.7 Å². The fourth-order valence-corrected chi connectivity index (χ4v) is 0.790. The summed E-state index contributed by atoms with van der Waals surface area (Å²) < 4.78 is 23.5.